The van der Waals surface area contributed by atoms with Crippen molar-refractivity contribution in [2.45, 2.75) is 31.1 Å². The van der Waals surface area contributed by atoms with E-state index in [1.807, 2.05) is 6.07 Å². The number of hydrogen-bond donors (Lipinski definition) is 1. The molecular formula is C16H17N3O4S. The zero-order chi connectivity index (χ0) is 17.7. The van der Waals surface area contributed by atoms with Crippen LogP contribution in [0.5, 0.6) is 0 Å². The van der Waals surface area contributed by atoms with E-state index in [0.717, 1.165) is 0 Å². The van der Waals surface area contributed by atoms with Gasteiger partial charge in [-0.15, -0.1) is 0 Å². The fourth-order valence-electron chi connectivity index (χ4n) is 2.17. The van der Waals surface area contributed by atoms with E-state index < -0.39 is 12.1 Å². The summed E-state index contributed by atoms with van der Waals surface area (Å²) in [6.45, 7) is 1.69. The molecule has 0 amide bonds. The van der Waals surface area contributed by atoms with Gasteiger partial charge in [0.05, 0.1) is 42.3 Å². The number of nitrogens with zero attached hydrogens (tertiary/aromatic N) is 3. The van der Waals surface area contributed by atoms with Crippen molar-refractivity contribution in [1.82, 2.24) is 9.55 Å². The van der Waals surface area contributed by atoms with E-state index in [1.54, 1.807) is 6.92 Å². The van der Waals surface area contributed by atoms with Crippen molar-refractivity contribution < 1.29 is 14.6 Å². The molecule has 1 aromatic heterocycles. The van der Waals surface area contributed by atoms with E-state index in [-0.39, 0.29) is 12.1 Å². The number of aliphatic hydroxyl groups is 1. The quantitative estimate of drug-likeness (QED) is 0.366. The van der Waals surface area contributed by atoms with Gasteiger partial charge >= 0.3 is 5.97 Å². The molecule has 0 aliphatic carbocycles. The van der Waals surface area contributed by atoms with Gasteiger partial charge in [-0.1, -0.05) is 11.8 Å². The first kappa shape index (κ1) is 18.0. The standard InChI is InChI=1S/C16H17N3O4S/c1-10(20)9-19-14(21)12-5-4-11(15(22)23-2)8-13(12)18-16(19)24-7-3-6-17/h4-5,8,10,20H,3,7,9H2,1-2H3/t10-/m1/s1. The smallest absolute Gasteiger partial charge is 0.337 e. The summed E-state index contributed by atoms with van der Waals surface area (Å²) in [6, 6.07) is 6.57. The summed E-state index contributed by atoms with van der Waals surface area (Å²) in [7, 11) is 1.28. The number of fused-ring (bicyclic) bond motifs is 1. The highest BCUT2D eigenvalue weighted by Gasteiger charge is 2.15. The molecule has 0 unspecified atom stereocenters. The fourth-order valence-corrected chi connectivity index (χ4v) is 3.02. The first-order valence-corrected chi connectivity index (χ1v) is 8.27. The number of aliphatic hydroxyl groups excluding tert-OH is 1. The van der Waals surface area contributed by atoms with Crippen LogP contribution < -0.4 is 5.56 Å². The van der Waals surface area contributed by atoms with Crippen LogP contribution in [-0.4, -0.2) is 39.6 Å². The van der Waals surface area contributed by atoms with Gasteiger partial charge in [0.1, 0.15) is 0 Å². The Hall–Kier alpha value is -2.37. The predicted molar refractivity (Wildman–Crippen MR) is 90.0 cm³/mol. The van der Waals surface area contributed by atoms with Gasteiger partial charge in [0.15, 0.2) is 5.16 Å². The minimum atomic E-state index is -0.716. The average molecular weight is 347 g/mol. The van der Waals surface area contributed by atoms with E-state index in [9.17, 15) is 14.7 Å². The van der Waals surface area contributed by atoms with Gasteiger partial charge in [-0.05, 0) is 25.1 Å². The molecule has 126 valence electrons. The van der Waals surface area contributed by atoms with Gasteiger partial charge in [-0.2, -0.15) is 5.26 Å². The topological polar surface area (TPSA) is 105 Å². The lowest BCUT2D eigenvalue weighted by Crippen LogP contribution is -2.28. The Balaban J connectivity index is 2.58. The lowest BCUT2D eigenvalue weighted by atomic mass is 10.1. The highest BCUT2D eigenvalue weighted by atomic mass is 32.2. The third kappa shape index (κ3) is 3.93. The van der Waals surface area contributed by atoms with Crippen molar-refractivity contribution in [3.8, 4) is 6.07 Å². The van der Waals surface area contributed by atoms with E-state index in [4.69, 9.17) is 5.26 Å². The Kier molecular flexibility index (Phi) is 5.95. The normalized spacial score (nSPS) is 11.9. The van der Waals surface area contributed by atoms with Crippen LogP contribution in [0.4, 0.5) is 0 Å². The van der Waals surface area contributed by atoms with Crippen LogP contribution in [0.15, 0.2) is 28.2 Å². The summed E-state index contributed by atoms with van der Waals surface area (Å²) in [5, 5.41) is 19.1. The third-order valence-corrected chi connectivity index (χ3v) is 4.21. The number of hydrogen-bond acceptors (Lipinski definition) is 7. The Morgan fingerprint density at radius 3 is 2.92 bits per heavy atom. The minimum Gasteiger partial charge on any atom is -0.465 e. The maximum absolute atomic E-state index is 12.7. The van der Waals surface area contributed by atoms with Crippen molar-refractivity contribution in [3.05, 3.63) is 34.1 Å². The number of ether oxygens (including phenoxy) is 1. The first-order valence-electron chi connectivity index (χ1n) is 7.28. The van der Waals surface area contributed by atoms with Crippen molar-refractivity contribution in [1.29, 1.82) is 5.26 Å². The van der Waals surface area contributed by atoms with Gasteiger partial charge in [0.2, 0.25) is 0 Å². The molecule has 0 spiro atoms. The number of benzene rings is 1. The molecule has 0 saturated carbocycles. The van der Waals surface area contributed by atoms with Gasteiger partial charge in [-0.25, -0.2) is 9.78 Å². The Labute approximate surface area is 142 Å². The number of aromatic nitrogens is 2. The summed E-state index contributed by atoms with van der Waals surface area (Å²) in [4.78, 5) is 28.8. The van der Waals surface area contributed by atoms with Crippen LogP contribution in [0, 0.1) is 11.3 Å². The molecule has 0 saturated heterocycles. The van der Waals surface area contributed by atoms with Gasteiger partial charge < -0.3 is 9.84 Å². The number of carbonyl (C=O) groups is 1. The van der Waals surface area contributed by atoms with E-state index >= 15 is 0 Å². The van der Waals surface area contributed by atoms with E-state index in [0.29, 0.717) is 33.8 Å². The molecule has 24 heavy (non-hydrogen) atoms. The third-order valence-electron chi connectivity index (χ3n) is 3.23. The second-order valence-electron chi connectivity index (χ2n) is 5.14. The zero-order valence-corrected chi connectivity index (χ0v) is 14.2. The molecular weight excluding hydrogens is 330 g/mol. The Bertz CT molecular complexity index is 855. The van der Waals surface area contributed by atoms with Gasteiger partial charge in [0, 0.05) is 12.2 Å². The number of thioether (sulfide) groups is 1. The zero-order valence-electron chi connectivity index (χ0n) is 13.4. The van der Waals surface area contributed by atoms with Crippen molar-refractivity contribution in [2.24, 2.45) is 0 Å². The molecule has 1 heterocycles. The van der Waals surface area contributed by atoms with Crippen LogP contribution >= 0.6 is 11.8 Å². The Morgan fingerprint density at radius 1 is 1.54 bits per heavy atom. The summed E-state index contributed by atoms with van der Waals surface area (Å²) >= 11 is 1.26. The largest absolute Gasteiger partial charge is 0.465 e. The molecule has 1 N–H and O–H groups in total. The first-order chi connectivity index (χ1) is 11.5. The average Bonchev–Trinajstić information content (AvgIpc) is 2.56. The highest BCUT2D eigenvalue weighted by molar-refractivity contribution is 7.99. The maximum Gasteiger partial charge on any atom is 0.337 e. The monoisotopic (exact) mass is 347 g/mol. The molecule has 1 aromatic carbocycles. The van der Waals surface area contributed by atoms with Crippen LogP contribution in [0.2, 0.25) is 0 Å². The molecule has 0 bridgehead atoms. The summed E-state index contributed by atoms with van der Waals surface area (Å²) in [5.41, 5.74) is 0.388. The van der Waals surface area contributed by atoms with Crippen molar-refractivity contribution >= 4 is 28.6 Å². The van der Waals surface area contributed by atoms with Crippen molar-refractivity contribution in [2.75, 3.05) is 12.9 Å². The highest BCUT2D eigenvalue weighted by Crippen LogP contribution is 2.20. The lowest BCUT2D eigenvalue weighted by Gasteiger charge is -2.14. The molecule has 2 aromatic rings. The summed E-state index contributed by atoms with van der Waals surface area (Å²) in [5.74, 6) is -0.0316. The Morgan fingerprint density at radius 2 is 2.29 bits per heavy atom. The van der Waals surface area contributed by atoms with Crippen LogP contribution in [-0.2, 0) is 11.3 Å². The lowest BCUT2D eigenvalue weighted by molar-refractivity contribution is 0.0601. The van der Waals surface area contributed by atoms with Crippen LogP contribution in [0.1, 0.15) is 23.7 Å². The van der Waals surface area contributed by atoms with Crippen LogP contribution in [0.25, 0.3) is 10.9 Å². The van der Waals surface area contributed by atoms with E-state index in [2.05, 4.69) is 9.72 Å². The summed E-state index contributed by atoms with van der Waals surface area (Å²) < 4.78 is 6.07. The number of nitriles is 1. The molecule has 2 rings (SSSR count). The molecule has 0 aliphatic rings. The summed E-state index contributed by atoms with van der Waals surface area (Å²) in [6.07, 6.45) is -0.401. The number of rotatable bonds is 6. The van der Waals surface area contributed by atoms with E-state index in [1.165, 1.54) is 41.6 Å². The van der Waals surface area contributed by atoms with Crippen LogP contribution in [0.3, 0.4) is 0 Å². The molecule has 7 nitrogen and oxygen atoms in total. The molecule has 0 radical (unpaired) electrons. The molecule has 1 atom stereocenters. The fraction of sp³-hybridized carbons (Fsp3) is 0.375. The number of esters is 1. The minimum absolute atomic E-state index is 0.107. The SMILES string of the molecule is COC(=O)c1ccc2c(=O)n(C[C@@H](C)O)c(SCCC#N)nc2c1. The molecule has 0 aliphatic heterocycles. The number of methoxy groups -OCH3 is 1. The van der Waals surface area contributed by atoms with Gasteiger partial charge in [0.25, 0.3) is 5.56 Å². The van der Waals surface area contributed by atoms with Gasteiger partial charge in [-0.3, -0.25) is 9.36 Å². The predicted octanol–water partition coefficient (Wildman–Crippen LogP) is 1.57. The second-order valence-corrected chi connectivity index (χ2v) is 6.20. The molecule has 0 fully saturated rings. The maximum atomic E-state index is 12.7. The molecule has 8 heteroatoms. The number of carbonyl (C=O) groups excluding carboxylic acids is 1. The van der Waals surface area contributed by atoms with Crippen molar-refractivity contribution in [3.63, 3.8) is 0 Å². The second kappa shape index (κ2) is 7.95.